The number of nitrogens with two attached hydrogens (primary N) is 1. The van der Waals surface area contributed by atoms with Crippen molar-refractivity contribution in [3.05, 3.63) is 0 Å². The second-order valence-electron chi connectivity index (χ2n) is 5.57. The zero-order chi connectivity index (χ0) is 14.2. The Labute approximate surface area is 117 Å². The quantitative estimate of drug-likeness (QED) is 0.791. The first kappa shape index (κ1) is 14.7. The fourth-order valence-corrected chi connectivity index (χ4v) is 4.05. The number of amides is 1. The minimum Gasteiger partial charge on any atom is -0.480 e. The van der Waals surface area contributed by atoms with Crippen molar-refractivity contribution in [2.24, 2.45) is 17.6 Å². The van der Waals surface area contributed by atoms with Crippen molar-refractivity contribution in [2.75, 3.05) is 5.75 Å². The first-order chi connectivity index (χ1) is 8.97. The maximum atomic E-state index is 12.5. The Morgan fingerprint density at radius 2 is 2.11 bits per heavy atom. The molecule has 0 spiro atoms. The Balaban J connectivity index is 2.15. The fraction of sp³-hybridized carbons (Fsp3) is 0.846. The van der Waals surface area contributed by atoms with Crippen LogP contribution in [0.25, 0.3) is 0 Å². The lowest BCUT2D eigenvalue weighted by molar-refractivity contribution is -0.150. The smallest absolute Gasteiger partial charge is 0.327 e. The number of nitrogens with zero attached hydrogens (tertiary/aromatic N) is 1. The highest BCUT2D eigenvalue weighted by atomic mass is 32.2. The fourth-order valence-electron chi connectivity index (χ4n) is 2.41. The van der Waals surface area contributed by atoms with E-state index in [2.05, 4.69) is 0 Å². The van der Waals surface area contributed by atoms with Crippen LogP contribution in [0, 0.1) is 11.8 Å². The third-order valence-corrected chi connectivity index (χ3v) is 5.60. The number of thioether (sulfide) groups is 1. The van der Waals surface area contributed by atoms with Crippen LogP contribution in [0.1, 0.15) is 33.1 Å². The normalized spacial score (nSPS) is 30.2. The van der Waals surface area contributed by atoms with Crippen LogP contribution < -0.4 is 5.73 Å². The van der Waals surface area contributed by atoms with Crippen molar-refractivity contribution in [1.29, 1.82) is 0 Å². The summed E-state index contributed by atoms with van der Waals surface area (Å²) in [5, 5.41) is 9.30. The van der Waals surface area contributed by atoms with Gasteiger partial charge in [0.15, 0.2) is 0 Å². The molecule has 0 aromatic heterocycles. The Morgan fingerprint density at radius 1 is 1.47 bits per heavy atom. The van der Waals surface area contributed by atoms with Gasteiger partial charge >= 0.3 is 5.97 Å². The van der Waals surface area contributed by atoms with E-state index in [-0.39, 0.29) is 17.2 Å². The summed E-state index contributed by atoms with van der Waals surface area (Å²) in [6.07, 6.45) is 3.00. The van der Waals surface area contributed by atoms with Crippen LogP contribution in [0.4, 0.5) is 0 Å². The molecular weight excluding hydrogens is 264 g/mol. The number of hydrogen-bond acceptors (Lipinski definition) is 4. The molecule has 3 N–H and O–H groups in total. The van der Waals surface area contributed by atoms with E-state index in [1.807, 2.05) is 13.8 Å². The minimum absolute atomic E-state index is 0.0173. The van der Waals surface area contributed by atoms with E-state index >= 15 is 0 Å². The first-order valence-corrected chi connectivity index (χ1v) is 7.94. The number of rotatable bonds is 5. The van der Waals surface area contributed by atoms with Gasteiger partial charge in [-0.25, -0.2) is 4.79 Å². The number of carboxylic acid groups (broad SMARTS) is 1. The lowest BCUT2D eigenvalue weighted by Gasteiger charge is -2.31. The molecule has 0 aromatic rings. The van der Waals surface area contributed by atoms with E-state index < -0.39 is 18.1 Å². The summed E-state index contributed by atoms with van der Waals surface area (Å²) in [6, 6.07) is -1.30. The van der Waals surface area contributed by atoms with Gasteiger partial charge in [0.05, 0.1) is 11.4 Å². The predicted octanol–water partition coefficient (Wildman–Crippen LogP) is 1.12. The Kier molecular flexibility index (Phi) is 4.40. The molecule has 0 radical (unpaired) electrons. The van der Waals surface area contributed by atoms with E-state index in [0.717, 1.165) is 19.3 Å². The van der Waals surface area contributed by atoms with Crippen molar-refractivity contribution in [3.63, 3.8) is 0 Å². The van der Waals surface area contributed by atoms with Crippen LogP contribution in [-0.4, -0.2) is 45.1 Å². The van der Waals surface area contributed by atoms with E-state index in [9.17, 15) is 14.7 Å². The van der Waals surface area contributed by atoms with Crippen molar-refractivity contribution >= 4 is 23.6 Å². The monoisotopic (exact) mass is 286 g/mol. The average Bonchev–Trinajstić information content (AvgIpc) is 3.14. The highest BCUT2D eigenvalue weighted by molar-refractivity contribution is 8.00. The lowest BCUT2D eigenvalue weighted by Crippen LogP contribution is -2.54. The van der Waals surface area contributed by atoms with Crippen LogP contribution in [0.5, 0.6) is 0 Å². The van der Waals surface area contributed by atoms with Gasteiger partial charge in [-0.1, -0.05) is 20.3 Å². The molecule has 1 aliphatic heterocycles. The van der Waals surface area contributed by atoms with Gasteiger partial charge in [-0.3, -0.25) is 4.79 Å². The molecule has 0 aromatic carbocycles. The molecule has 1 saturated heterocycles. The van der Waals surface area contributed by atoms with Crippen LogP contribution in [0.2, 0.25) is 0 Å². The van der Waals surface area contributed by atoms with E-state index in [1.54, 1.807) is 16.7 Å². The maximum absolute atomic E-state index is 12.5. The average molecular weight is 286 g/mol. The summed E-state index contributed by atoms with van der Waals surface area (Å²) in [4.78, 5) is 25.4. The molecule has 2 aliphatic rings. The highest BCUT2D eigenvalue weighted by Crippen LogP contribution is 2.45. The topological polar surface area (TPSA) is 83.6 Å². The molecule has 1 amide bonds. The molecule has 6 heteroatoms. The predicted molar refractivity (Wildman–Crippen MR) is 74.7 cm³/mol. The largest absolute Gasteiger partial charge is 0.480 e. The highest BCUT2D eigenvalue weighted by Gasteiger charge is 2.49. The van der Waals surface area contributed by atoms with Crippen molar-refractivity contribution < 1.29 is 14.7 Å². The van der Waals surface area contributed by atoms with Crippen LogP contribution in [0.15, 0.2) is 0 Å². The minimum atomic E-state index is -0.916. The van der Waals surface area contributed by atoms with Crippen LogP contribution in [0.3, 0.4) is 0 Å². The molecule has 0 bridgehead atoms. The van der Waals surface area contributed by atoms with Crippen molar-refractivity contribution in [1.82, 2.24) is 4.90 Å². The summed E-state index contributed by atoms with van der Waals surface area (Å²) in [6.45, 7) is 3.93. The van der Waals surface area contributed by atoms with Gasteiger partial charge in [0.25, 0.3) is 0 Å². The van der Waals surface area contributed by atoms with E-state index in [4.69, 9.17) is 5.73 Å². The number of carbonyl (C=O) groups is 2. The third kappa shape index (κ3) is 2.89. The third-order valence-electron chi connectivity index (χ3n) is 4.14. The summed E-state index contributed by atoms with van der Waals surface area (Å²) in [7, 11) is 0. The van der Waals surface area contributed by atoms with Gasteiger partial charge in [0.1, 0.15) is 6.04 Å². The molecular formula is C13H22N2O3S. The Hall–Kier alpha value is -0.750. The summed E-state index contributed by atoms with van der Waals surface area (Å²) < 4.78 is 0. The van der Waals surface area contributed by atoms with E-state index in [1.165, 1.54) is 0 Å². The first-order valence-electron chi connectivity index (χ1n) is 6.89. The molecule has 1 saturated carbocycles. The molecule has 19 heavy (non-hydrogen) atoms. The van der Waals surface area contributed by atoms with E-state index in [0.29, 0.717) is 11.7 Å². The van der Waals surface area contributed by atoms with Crippen LogP contribution >= 0.6 is 11.8 Å². The summed E-state index contributed by atoms with van der Waals surface area (Å²) >= 11 is 1.59. The standard InChI is InChI=1S/C13H22N2O3S/c1-3-7(2)10(14)11(16)15-9(13(17)18)6-19-12(15)8-4-5-8/h7-10,12H,3-6,14H2,1-2H3,(H,17,18)/t7?,9?,10-,12?/m0/s1. The van der Waals surface area contributed by atoms with Gasteiger partial charge < -0.3 is 15.7 Å². The zero-order valence-corrected chi connectivity index (χ0v) is 12.2. The van der Waals surface area contributed by atoms with Gasteiger partial charge in [0, 0.05) is 5.75 Å². The Morgan fingerprint density at radius 3 is 2.58 bits per heavy atom. The lowest BCUT2D eigenvalue weighted by atomic mass is 9.98. The molecule has 3 unspecified atom stereocenters. The summed E-state index contributed by atoms with van der Waals surface area (Å²) in [5.41, 5.74) is 6.00. The molecule has 4 atom stereocenters. The number of carbonyl (C=O) groups excluding carboxylic acids is 1. The second-order valence-corrected chi connectivity index (χ2v) is 6.72. The Bertz CT molecular complexity index is 373. The zero-order valence-electron chi connectivity index (χ0n) is 11.4. The molecule has 2 fully saturated rings. The van der Waals surface area contributed by atoms with Crippen molar-refractivity contribution in [3.8, 4) is 0 Å². The second kappa shape index (κ2) is 5.71. The summed E-state index contributed by atoms with van der Waals surface area (Å²) in [5.74, 6) is -0.0889. The van der Waals surface area contributed by atoms with Crippen molar-refractivity contribution in [2.45, 2.75) is 50.6 Å². The number of aliphatic carboxylic acids is 1. The number of hydrogen-bond donors (Lipinski definition) is 2. The maximum Gasteiger partial charge on any atom is 0.327 e. The SMILES string of the molecule is CCC(C)[C@H](N)C(=O)N1C(C(=O)O)CSC1C1CC1. The van der Waals surface area contributed by atoms with Crippen LogP contribution in [-0.2, 0) is 9.59 Å². The van der Waals surface area contributed by atoms with Gasteiger partial charge in [-0.15, -0.1) is 11.8 Å². The molecule has 1 heterocycles. The van der Waals surface area contributed by atoms with Gasteiger partial charge in [-0.2, -0.15) is 0 Å². The number of carboxylic acids is 1. The van der Waals surface area contributed by atoms with Gasteiger partial charge in [0.2, 0.25) is 5.91 Å². The van der Waals surface area contributed by atoms with Gasteiger partial charge in [-0.05, 0) is 24.7 Å². The molecule has 1 aliphatic carbocycles. The molecule has 5 nitrogen and oxygen atoms in total. The molecule has 108 valence electrons. The molecule has 2 rings (SSSR count).